The van der Waals surface area contributed by atoms with Crippen molar-refractivity contribution < 1.29 is 18.8 Å². The summed E-state index contributed by atoms with van der Waals surface area (Å²) in [7, 11) is 0. The van der Waals surface area contributed by atoms with Crippen LogP contribution in [0.1, 0.15) is 64.1 Å². The van der Waals surface area contributed by atoms with Gasteiger partial charge in [0.2, 0.25) is 0 Å². The molecule has 0 aliphatic heterocycles. The highest BCUT2D eigenvalue weighted by Crippen LogP contribution is 2.41. The summed E-state index contributed by atoms with van der Waals surface area (Å²) < 4.78 is 10.8. The summed E-state index contributed by atoms with van der Waals surface area (Å²) in [5, 5.41) is 7.99. The lowest BCUT2D eigenvalue weighted by Crippen LogP contribution is -2.19. The van der Waals surface area contributed by atoms with Crippen LogP contribution < -0.4 is 5.32 Å². The molecule has 1 aromatic carbocycles. The first-order valence-corrected chi connectivity index (χ1v) is 11.8. The fourth-order valence-electron chi connectivity index (χ4n) is 3.97. The summed E-state index contributed by atoms with van der Waals surface area (Å²) in [6, 6.07) is 7.15. The Bertz CT molecular complexity index is 1180. The Morgan fingerprint density at radius 3 is 2.75 bits per heavy atom. The molecule has 1 unspecified atom stereocenters. The highest BCUT2D eigenvalue weighted by atomic mass is 35.5. The molecule has 8 heteroatoms. The van der Waals surface area contributed by atoms with Crippen molar-refractivity contribution in [1.82, 2.24) is 5.16 Å². The number of fused-ring (bicyclic) bond motifs is 1. The molecule has 1 aliphatic carbocycles. The molecular weight excluding hydrogens is 448 g/mol. The third-order valence-electron chi connectivity index (χ3n) is 5.50. The minimum atomic E-state index is -0.407. The number of hydrogen-bond acceptors (Lipinski definition) is 6. The summed E-state index contributed by atoms with van der Waals surface area (Å²) in [4.78, 5) is 27.4. The zero-order valence-corrected chi connectivity index (χ0v) is 20.0. The predicted molar refractivity (Wildman–Crippen MR) is 126 cm³/mol. The molecule has 0 fully saturated rings. The summed E-state index contributed by atoms with van der Waals surface area (Å²) in [6.45, 7) is 7.50. The second-order valence-electron chi connectivity index (χ2n) is 8.41. The minimum absolute atomic E-state index is 0.253. The highest BCUT2D eigenvalue weighted by Gasteiger charge is 2.31. The molecule has 1 aliphatic rings. The largest absolute Gasteiger partial charge is 0.459 e. The zero-order valence-electron chi connectivity index (χ0n) is 18.5. The molecule has 1 amide bonds. The monoisotopic (exact) mass is 472 g/mol. The van der Waals surface area contributed by atoms with E-state index in [2.05, 4.69) is 17.4 Å². The number of nitrogens with one attached hydrogen (secondary N) is 1. The van der Waals surface area contributed by atoms with Gasteiger partial charge in [0.05, 0.1) is 16.7 Å². The number of hydrogen-bond donors (Lipinski definition) is 1. The number of esters is 1. The van der Waals surface area contributed by atoms with Gasteiger partial charge in [-0.3, -0.25) is 4.79 Å². The SMILES string of the molecule is Cc1onc(-c2ccccc2Cl)c1C(=O)Nc1sc2c(c1C(=O)OC(C)C)CCC(C)C2. The van der Waals surface area contributed by atoms with Crippen LogP contribution in [0.5, 0.6) is 0 Å². The summed E-state index contributed by atoms with van der Waals surface area (Å²) >= 11 is 7.78. The normalized spacial score (nSPS) is 15.5. The van der Waals surface area contributed by atoms with Gasteiger partial charge in [-0.25, -0.2) is 4.79 Å². The van der Waals surface area contributed by atoms with Crippen molar-refractivity contribution in [2.75, 3.05) is 5.32 Å². The third kappa shape index (κ3) is 4.32. The zero-order chi connectivity index (χ0) is 23.0. The standard InChI is InChI=1S/C24H25ClN2O4S/c1-12(2)30-24(29)20-16-10-9-13(3)11-18(16)32-23(20)26-22(28)19-14(4)31-27-21(19)15-7-5-6-8-17(15)25/h5-8,12-13H,9-11H2,1-4H3,(H,26,28). The molecule has 0 saturated heterocycles. The smallest absolute Gasteiger partial charge is 0.341 e. The molecule has 3 aromatic rings. The Hall–Kier alpha value is -2.64. The second kappa shape index (κ2) is 9.08. The van der Waals surface area contributed by atoms with Crippen molar-refractivity contribution in [2.45, 2.75) is 53.1 Å². The van der Waals surface area contributed by atoms with Crippen molar-refractivity contribution in [3.63, 3.8) is 0 Å². The molecular formula is C24H25ClN2O4S. The van der Waals surface area contributed by atoms with E-state index in [4.69, 9.17) is 20.9 Å². The number of thiophene rings is 1. The summed E-state index contributed by atoms with van der Waals surface area (Å²) in [5.41, 5.74) is 2.72. The van der Waals surface area contributed by atoms with Gasteiger partial charge in [-0.1, -0.05) is 41.9 Å². The molecule has 0 bridgehead atoms. The van der Waals surface area contributed by atoms with Crippen molar-refractivity contribution in [3.05, 3.63) is 56.6 Å². The number of aromatic nitrogens is 1. The average Bonchev–Trinajstić information content (AvgIpc) is 3.27. The van der Waals surface area contributed by atoms with Crippen LogP contribution in [0, 0.1) is 12.8 Å². The van der Waals surface area contributed by atoms with Crippen LogP contribution in [-0.2, 0) is 17.6 Å². The van der Waals surface area contributed by atoms with Crippen molar-refractivity contribution in [3.8, 4) is 11.3 Å². The maximum Gasteiger partial charge on any atom is 0.341 e. The van der Waals surface area contributed by atoms with Crippen molar-refractivity contribution in [1.29, 1.82) is 0 Å². The number of carbonyl (C=O) groups is 2. The lowest BCUT2D eigenvalue weighted by Gasteiger charge is -2.18. The first kappa shape index (κ1) is 22.6. The molecule has 6 nitrogen and oxygen atoms in total. The van der Waals surface area contributed by atoms with Crippen LogP contribution in [0.3, 0.4) is 0 Å². The van der Waals surface area contributed by atoms with E-state index < -0.39 is 11.9 Å². The van der Waals surface area contributed by atoms with E-state index in [1.54, 1.807) is 19.1 Å². The third-order valence-corrected chi connectivity index (χ3v) is 7.00. The van der Waals surface area contributed by atoms with E-state index in [-0.39, 0.29) is 6.10 Å². The number of carbonyl (C=O) groups excluding carboxylic acids is 2. The first-order valence-electron chi connectivity index (χ1n) is 10.6. The van der Waals surface area contributed by atoms with Gasteiger partial charge in [0.15, 0.2) is 0 Å². The predicted octanol–water partition coefficient (Wildman–Crippen LogP) is 6.31. The molecule has 168 valence electrons. The van der Waals surface area contributed by atoms with Gasteiger partial charge in [-0.15, -0.1) is 11.3 Å². The van der Waals surface area contributed by atoms with Crippen LogP contribution in [-0.4, -0.2) is 23.1 Å². The van der Waals surface area contributed by atoms with Crippen LogP contribution in [0.2, 0.25) is 5.02 Å². The average molecular weight is 473 g/mol. The van der Waals surface area contributed by atoms with E-state index in [9.17, 15) is 9.59 Å². The van der Waals surface area contributed by atoms with E-state index in [1.807, 2.05) is 26.0 Å². The fourth-order valence-corrected chi connectivity index (χ4v) is 5.59. The lowest BCUT2D eigenvalue weighted by atomic mass is 9.88. The van der Waals surface area contributed by atoms with Gasteiger partial charge in [0.25, 0.3) is 5.91 Å². The lowest BCUT2D eigenvalue weighted by molar-refractivity contribution is 0.0378. The number of benzene rings is 1. The van der Waals surface area contributed by atoms with Gasteiger partial charge in [-0.2, -0.15) is 0 Å². The topological polar surface area (TPSA) is 81.4 Å². The van der Waals surface area contributed by atoms with Gasteiger partial charge in [0.1, 0.15) is 22.0 Å². The Labute approximate surface area is 195 Å². The van der Waals surface area contributed by atoms with Gasteiger partial charge < -0.3 is 14.6 Å². The van der Waals surface area contributed by atoms with Crippen LogP contribution in [0.4, 0.5) is 5.00 Å². The summed E-state index contributed by atoms with van der Waals surface area (Å²) in [5.74, 6) is 0.101. The Morgan fingerprint density at radius 1 is 1.28 bits per heavy atom. The maximum atomic E-state index is 13.4. The summed E-state index contributed by atoms with van der Waals surface area (Å²) in [6.07, 6.45) is 2.43. The quantitative estimate of drug-likeness (QED) is 0.440. The number of anilines is 1. The van der Waals surface area contributed by atoms with Crippen molar-refractivity contribution in [2.24, 2.45) is 5.92 Å². The highest BCUT2D eigenvalue weighted by molar-refractivity contribution is 7.17. The Morgan fingerprint density at radius 2 is 2.03 bits per heavy atom. The van der Waals surface area contributed by atoms with Crippen LogP contribution in [0.25, 0.3) is 11.3 Å². The Balaban J connectivity index is 1.73. The molecule has 0 saturated carbocycles. The first-order chi connectivity index (χ1) is 15.3. The Kier molecular flexibility index (Phi) is 6.40. The number of halogens is 1. The van der Waals surface area contributed by atoms with Crippen LogP contribution >= 0.6 is 22.9 Å². The molecule has 0 radical (unpaired) electrons. The molecule has 32 heavy (non-hydrogen) atoms. The maximum absolute atomic E-state index is 13.4. The van der Waals surface area contributed by atoms with E-state index in [0.29, 0.717) is 44.1 Å². The number of amides is 1. The van der Waals surface area contributed by atoms with Gasteiger partial charge in [-0.05, 0) is 57.6 Å². The molecule has 2 heterocycles. The van der Waals surface area contributed by atoms with Crippen molar-refractivity contribution >= 4 is 39.8 Å². The fraction of sp³-hybridized carbons (Fsp3) is 0.375. The molecule has 1 atom stereocenters. The number of nitrogens with zero attached hydrogens (tertiary/aromatic N) is 1. The van der Waals surface area contributed by atoms with Gasteiger partial charge in [0, 0.05) is 10.4 Å². The van der Waals surface area contributed by atoms with Crippen LogP contribution in [0.15, 0.2) is 28.8 Å². The number of rotatable bonds is 5. The second-order valence-corrected chi connectivity index (χ2v) is 9.92. The molecule has 0 spiro atoms. The molecule has 2 aromatic heterocycles. The van der Waals surface area contributed by atoms with Gasteiger partial charge >= 0.3 is 5.97 Å². The van der Waals surface area contributed by atoms with E-state index in [1.165, 1.54) is 11.3 Å². The number of ether oxygens (including phenoxy) is 1. The number of aryl methyl sites for hydroxylation is 1. The van der Waals surface area contributed by atoms with E-state index in [0.717, 1.165) is 29.7 Å². The minimum Gasteiger partial charge on any atom is -0.459 e. The molecule has 4 rings (SSSR count). The van der Waals surface area contributed by atoms with E-state index >= 15 is 0 Å². The molecule has 1 N–H and O–H groups in total.